The Morgan fingerprint density at radius 3 is 0.829 bits per heavy atom. The Kier molecular flexibility index (Phi) is 62.8. The van der Waals surface area contributed by atoms with Crippen molar-refractivity contribution in [2.75, 3.05) is 26.4 Å². The third kappa shape index (κ3) is 46.5. The van der Waals surface area contributed by atoms with Gasteiger partial charge in [0, 0.05) is 6.42 Å². The molecule has 12 N–H and O–H groups in total. The molecule has 0 aliphatic carbocycles. The monoisotopic (exact) mass is 1500 g/mol. The molecule has 0 aromatic carbocycles. The van der Waals surface area contributed by atoms with Crippen LogP contribution >= 0.6 is 0 Å². The van der Waals surface area contributed by atoms with E-state index in [0.29, 0.717) is 12.8 Å². The zero-order valence-corrected chi connectivity index (χ0v) is 67.3. The van der Waals surface area contributed by atoms with E-state index >= 15 is 0 Å². The van der Waals surface area contributed by atoms with Crippen molar-refractivity contribution >= 4 is 5.91 Å². The van der Waals surface area contributed by atoms with Gasteiger partial charge in [-0.15, -0.1) is 0 Å². The number of unbranched alkanes of at least 4 members (excludes halogenated alkanes) is 58. The summed E-state index contributed by atoms with van der Waals surface area (Å²) in [4.78, 5) is 13.5. The quantitative estimate of drug-likeness (QED) is 0.0252. The third-order valence-electron chi connectivity index (χ3n) is 22.9. The van der Waals surface area contributed by atoms with Gasteiger partial charge in [0.1, 0.15) is 73.2 Å². The van der Waals surface area contributed by atoms with Crippen LogP contribution < -0.4 is 5.32 Å². The van der Waals surface area contributed by atoms with E-state index in [4.69, 9.17) is 28.4 Å². The number of carbonyl (C=O) groups excluding carboxylic acids is 1. The Bertz CT molecular complexity index is 1890. The molecular weight excluding hydrogens is 1330 g/mol. The van der Waals surface area contributed by atoms with Crippen molar-refractivity contribution in [2.45, 2.75) is 516 Å². The smallest absolute Gasteiger partial charge is 0.220 e. The minimum Gasteiger partial charge on any atom is -0.394 e. The standard InChI is InChI=1S/C86H167NO18/c1-3-5-7-9-11-13-15-17-19-21-23-25-27-29-31-33-34-35-36-37-39-41-43-45-47-49-51-53-55-57-59-61-63-70(91)69(87-74(92)64-62-60-58-56-54-52-50-48-46-44-42-40-38-32-30-28-26-24-22-20-18-16-14-12-10-8-6-4-2)68-100-84-80(98)77(95)82(72(66-89)102-84)105-86-81(99)78(96)83(73(67-90)103-86)104-85-79(97)76(94)75(93)71(65-88)101-85/h69-73,75-86,88-91,93-99H,3-68H2,1-2H3,(H,87,92). The van der Waals surface area contributed by atoms with E-state index < -0.39 is 124 Å². The van der Waals surface area contributed by atoms with E-state index in [0.717, 1.165) is 44.9 Å². The first-order chi connectivity index (χ1) is 51.3. The van der Waals surface area contributed by atoms with Gasteiger partial charge in [-0.1, -0.05) is 393 Å². The Labute approximate surface area is 640 Å². The summed E-state index contributed by atoms with van der Waals surface area (Å²) in [7, 11) is 0. The maximum atomic E-state index is 13.5. The summed E-state index contributed by atoms with van der Waals surface area (Å²) in [6, 6.07) is -0.884. The van der Waals surface area contributed by atoms with Gasteiger partial charge in [0.25, 0.3) is 0 Å². The Morgan fingerprint density at radius 2 is 0.543 bits per heavy atom. The zero-order valence-electron chi connectivity index (χ0n) is 67.3. The van der Waals surface area contributed by atoms with Gasteiger partial charge in [-0.25, -0.2) is 0 Å². The Hall–Kier alpha value is -1.21. The summed E-state index contributed by atoms with van der Waals surface area (Å²) in [5.41, 5.74) is 0. The molecule has 3 saturated heterocycles. The van der Waals surface area contributed by atoms with Gasteiger partial charge in [-0.2, -0.15) is 0 Å². The van der Waals surface area contributed by atoms with Crippen LogP contribution in [0.25, 0.3) is 0 Å². The molecule has 0 saturated carbocycles. The SMILES string of the molecule is CCCCCCCCCCCCCCCCCCCCCCCCCCCCCCCCCCC(O)C(COC1OC(CO)C(OC2OC(CO)C(OC3OC(CO)C(O)C(O)C3O)C(O)C2O)C(O)C1O)NC(=O)CCCCCCCCCCCCCCCCCCCCCCCCCCCCCC. The summed E-state index contributed by atoms with van der Waals surface area (Å²) in [5.74, 6) is -0.231. The first-order valence-corrected chi connectivity index (χ1v) is 44.8. The summed E-state index contributed by atoms with van der Waals surface area (Å²) < 4.78 is 34.6. The van der Waals surface area contributed by atoms with Crippen LogP contribution in [0.3, 0.4) is 0 Å². The topological polar surface area (TPSA) is 307 Å². The van der Waals surface area contributed by atoms with E-state index in [1.165, 1.54) is 334 Å². The van der Waals surface area contributed by atoms with Crippen molar-refractivity contribution < 1.29 is 89.4 Å². The van der Waals surface area contributed by atoms with Crippen LogP contribution in [0.5, 0.6) is 0 Å². The van der Waals surface area contributed by atoms with Crippen molar-refractivity contribution in [1.82, 2.24) is 5.32 Å². The van der Waals surface area contributed by atoms with Crippen molar-refractivity contribution in [3.63, 3.8) is 0 Å². The van der Waals surface area contributed by atoms with Crippen molar-refractivity contribution in [3.8, 4) is 0 Å². The van der Waals surface area contributed by atoms with E-state index in [9.17, 15) is 61.0 Å². The van der Waals surface area contributed by atoms with Crippen LogP contribution in [0, 0.1) is 0 Å². The average molecular weight is 1500 g/mol. The molecule has 624 valence electrons. The van der Waals surface area contributed by atoms with Crippen molar-refractivity contribution in [1.29, 1.82) is 0 Å². The number of amides is 1. The molecule has 3 fully saturated rings. The van der Waals surface area contributed by atoms with Gasteiger partial charge >= 0.3 is 0 Å². The molecule has 19 heteroatoms. The Balaban J connectivity index is 1.32. The molecule has 3 rings (SSSR count). The summed E-state index contributed by atoms with van der Waals surface area (Å²) in [5, 5.41) is 121. The highest BCUT2D eigenvalue weighted by Crippen LogP contribution is 2.34. The maximum Gasteiger partial charge on any atom is 0.220 e. The lowest BCUT2D eigenvalue weighted by atomic mass is 9.96. The van der Waals surface area contributed by atoms with E-state index in [1.54, 1.807) is 0 Å². The average Bonchev–Trinajstić information content (AvgIpc) is 0.782. The molecule has 0 aromatic heterocycles. The normalized spacial score (nSPS) is 25.7. The number of nitrogens with one attached hydrogen (secondary N) is 1. The molecule has 3 aliphatic heterocycles. The van der Waals surface area contributed by atoms with Gasteiger partial charge in [-0.05, 0) is 12.8 Å². The van der Waals surface area contributed by atoms with Crippen molar-refractivity contribution in [2.24, 2.45) is 0 Å². The molecule has 105 heavy (non-hydrogen) atoms. The van der Waals surface area contributed by atoms with E-state index in [-0.39, 0.29) is 18.9 Å². The molecule has 0 aromatic rings. The molecule has 3 heterocycles. The van der Waals surface area contributed by atoms with Crippen LogP contribution in [-0.4, -0.2) is 193 Å². The predicted octanol–water partition coefficient (Wildman–Crippen LogP) is 16.5. The number of hydrogen-bond donors (Lipinski definition) is 12. The molecule has 0 spiro atoms. The number of aliphatic hydroxyl groups excluding tert-OH is 11. The molecule has 3 aliphatic rings. The summed E-state index contributed by atoms with van der Waals surface area (Å²) in [6.07, 6.45) is 53.6. The molecular formula is C86H167NO18. The second-order valence-electron chi connectivity index (χ2n) is 32.4. The predicted molar refractivity (Wildman–Crippen MR) is 421 cm³/mol. The molecule has 19 nitrogen and oxygen atoms in total. The van der Waals surface area contributed by atoms with E-state index in [2.05, 4.69) is 19.2 Å². The first kappa shape index (κ1) is 98.0. The minimum absolute atomic E-state index is 0.231. The maximum absolute atomic E-state index is 13.5. The van der Waals surface area contributed by atoms with Crippen LogP contribution in [0.15, 0.2) is 0 Å². The summed E-state index contributed by atoms with van der Waals surface area (Å²) >= 11 is 0. The number of hydrogen-bond acceptors (Lipinski definition) is 18. The van der Waals surface area contributed by atoms with Gasteiger partial charge in [0.15, 0.2) is 18.9 Å². The lowest BCUT2D eigenvalue weighted by Crippen LogP contribution is -2.66. The lowest BCUT2D eigenvalue weighted by molar-refractivity contribution is -0.379. The summed E-state index contributed by atoms with van der Waals surface area (Å²) in [6.45, 7) is 1.89. The fourth-order valence-electron chi connectivity index (χ4n) is 15.8. The third-order valence-corrected chi connectivity index (χ3v) is 22.9. The van der Waals surface area contributed by atoms with Crippen LogP contribution in [-0.2, 0) is 33.2 Å². The second-order valence-corrected chi connectivity index (χ2v) is 32.4. The molecule has 17 atom stereocenters. The van der Waals surface area contributed by atoms with Crippen LogP contribution in [0.1, 0.15) is 412 Å². The second kappa shape index (κ2) is 67.3. The first-order valence-electron chi connectivity index (χ1n) is 44.8. The number of ether oxygens (including phenoxy) is 6. The Morgan fingerprint density at radius 1 is 0.305 bits per heavy atom. The fourth-order valence-corrected chi connectivity index (χ4v) is 15.8. The highest BCUT2D eigenvalue weighted by atomic mass is 16.8. The molecule has 1 amide bonds. The fraction of sp³-hybridized carbons (Fsp3) is 0.988. The molecule has 0 radical (unpaired) electrons. The molecule has 0 bridgehead atoms. The number of rotatable bonds is 74. The van der Waals surface area contributed by atoms with Gasteiger partial charge in [-0.3, -0.25) is 4.79 Å². The highest BCUT2D eigenvalue weighted by molar-refractivity contribution is 5.76. The highest BCUT2D eigenvalue weighted by Gasteiger charge is 2.54. The minimum atomic E-state index is -1.97. The zero-order chi connectivity index (χ0) is 76.0. The van der Waals surface area contributed by atoms with E-state index in [1.807, 2.05) is 0 Å². The van der Waals surface area contributed by atoms with Gasteiger partial charge in [0.2, 0.25) is 5.91 Å². The van der Waals surface area contributed by atoms with Crippen LogP contribution in [0.4, 0.5) is 0 Å². The number of aliphatic hydroxyl groups is 11. The van der Waals surface area contributed by atoms with Gasteiger partial charge in [0.05, 0.1) is 38.6 Å². The number of carbonyl (C=O) groups is 1. The van der Waals surface area contributed by atoms with Crippen molar-refractivity contribution in [3.05, 3.63) is 0 Å². The van der Waals surface area contributed by atoms with Gasteiger partial charge < -0.3 is 89.9 Å². The lowest BCUT2D eigenvalue weighted by Gasteiger charge is -2.48. The van der Waals surface area contributed by atoms with Crippen LogP contribution in [0.2, 0.25) is 0 Å². The molecule has 17 unspecified atom stereocenters. The largest absolute Gasteiger partial charge is 0.394 e.